The largest absolute Gasteiger partial charge is 0.481 e. The van der Waals surface area contributed by atoms with Crippen molar-refractivity contribution in [1.82, 2.24) is 16.0 Å². The van der Waals surface area contributed by atoms with Gasteiger partial charge in [-0.25, -0.2) is 0 Å². The second-order valence-electron chi connectivity index (χ2n) is 7.07. The summed E-state index contributed by atoms with van der Waals surface area (Å²) in [4.78, 5) is 89.4. The topological polar surface area (TPSA) is 317 Å². The Kier molecular flexibility index (Phi) is 73.6. The number of amides is 3. The Labute approximate surface area is 260 Å². The number of Topliss-reactive ketones (excluding diaryl/α,β-unsaturated/α-hetero) is 3. The van der Waals surface area contributed by atoms with E-state index < -0.39 is 11.9 Å². The molecule has 262 valence electrons. The molecule has 0 unspecified atom stereocenters. The summed E-state index contributed by atoms with van der Waals surface area (Å²) < 4.78 is 3.86. The number of carboxylic acids is 2. The van der Waals surface area contributed by atoms with Crippen molar-refractivity contribution < 1.29 is 58.1 Å². The molecule has 0 saturated carbocycles. The first-order chi connectivity index (χ1) is 20.4. The summed E-state index contributed by atoms with van der Waals surface area (Å²) in [5.41, 5.74) is 13.6. The molecule has 0 aromatic rings. The molecule has 0 radical (unpaired) electrons. The fourth-order valence-electron chi connectivity index (χ4n) is 1.24. The number of hydrogen-bond acceptors (Lipinski definition) is 13. The molecule has 0 atom stereocenters. The number of nitrogens with two attached hydrogens (primary N) is 3. The van der Waals surface area contributed by atoms with Crippen molar-refractivity contribution in [3.05, 3.63) is 0 Å². The summed E-state index contributed by atoms with van der Waals surface area (Å²) in [6, 6.07) is 0. The summed E-state index contributed by atoms with van der Waals surface area (Å²) in [7, 11) is 8.99. The fraction of sp³-hybridized carbons (Fsp3) is 0.654. The van der Waals surface area contributed by atoms with Crippen molar-refractivity contribution in [2.75, 3.05) is 48.9 Å². The van der Waals surface area contributed by atoms with Gasteiger partial charge in [-0.05, 0) is 34.9 Å². The Balaban J connectivity index is -0.0000000592. The normalized spacial score (nSPS) is 7.48. The van der Waals surface area contributed by atoms with Crippen LogP contribution in [0.25, 0.3) is 0 Å². The predicted molar refractivity (Wildman–Crippen MR) is 165 cm³/mol. The maximum atomic E-state index is 10.5. The summed E-state index contributed by atoms with van der Waals surface area (Å²) >= 11 is 0. The Morgan fingerprint density at radius 3 is 0.818 bits per heavy atom. The van der Waals surface area contributed by atoms with Gasteiger partial charge < -0.3 is 62.5 Å². The lowest BCUT2D eigenvalue weighted by Crippen LogP contribution is -2.17. The number of ketones is 3. The minimum absolute atomic E-state index is 0.0543. The van der Waals surface area contributed by atoms with E-state index in [1.807, 2.05) is 0 Å². The molecule has 0 aromatic carbocycles. The molecule has 0 rings (SSSR count). The lowest BCUT2D eigenvalue weighted by Gasteiger charge is -1.93. The van der Waals surface area contributed by atoms with Gasteiger partial charge in [0, 0.05) is 66.6 Å². The molecule has 0 saturated heterocycles. The highest BCUT2D eigenvalue weighted by Crippen LogP contribution is 1.89. The van der Waals surface area contributed by atoms with E-state index in [4.69, 9.17) is 19.8 Å². The average Bonchev–Trinajstić information content (AvgIpc) is 2.99. The molecule has 18 nitrogen and oxygen atoms in total. The van der Waals surface area contributed by atoms with Crippen LogP contribution in [-0.2, 0) is 47.9 Å². The van der Waals surface area contributed by atoms with Gasteiger partial charge in [0.2, 0.25) is 17.7 Å². The van der Waals surface area contributed by atoms with Crippen molar-refractivity contribution in [1.29, 1.82) is 0 Å². The molecule has 0 spiro atoms. The number of carbonyl (C=O) groups is 9. The van der Waals surface area contributed by atoms with Gasteiger partial charge in [0.05, 0.1) is 13.7 Å². The van der Waals surface area contributed by atoms with Gasteiger partial charge in [0.1, 0.15) is 17.3 Å². The molecule has 11 N–H and O–H groups in total. The number of rotatable bonds is 11. The highest BCUT2D eigenvalue weighted by atomic mass is 16.5. The van der Waals surface area contributed by atoms with E-state index in [2.05, 4.69) is 37.9 Å². The van der Waals surface area contributed by atoms with Crippen molar-refractivity contribution in [2.45, 2.75) is 66.2 Å². The first-order valence-corrected chi connectivity index (χ1v) is 12.7. The van der Waals surface area contributed by atoms with Gasteiger partial charge in [-0.2, -0.15) is 0 Å². The number of ether oxygens (including phenoxy) is 1. The van der Waals surface area contributed by atoms with Gasteiger partial charge in [-0.3, -0.25) is 28.8 Å². The van der Waals surface area contributed by atoms with Gasteiger partial charge in [0.25, 0.3) is 12.4 Å². The molecule has 0 heterocycles. The van der Waals surface area contributed by atoms with Gasteiger partial charge in [-0.15, -0.1) is 0 Å². The van der Waals surface area contributed by atoms with Gasteiger partial charge >= 0.3 is 5.97 Å². The molecular formula is C26H56N6O12. The lowest BCUT2D eigenvalue weighted by atomic mass is 10.2. The van der Waals surface area contributed by atoms with Gasteiger partial charge in [-0.1, -0.05) is 0 Å². The molecular weight excluding hydrogens is 588 g/mol. The molecule has 18 heteroatoms. The minimum Gasteiger partial charge on any atom is -0.481 e. The van der Waals surface area contributed by atoms with E-state index in [1.54, 1.807) is 21.1 Å². The van der Waals surface area contributed by atoms with Crippen LogP contribution in [0, 0.1) is 0 Å². The zero-order valence-electron chi connectivity index (χ0n) is 27.7. The molecule has 0 aliphatic rings. The molecule has 0 bridgehead atoms. The van der Waals surface area contributed by atoms with E-state index in [-0.39, 0.29) is 41.6 Å². The average molecular weight is 645 g/mol. The lowest BCUT2D eigenvalue weighted by molar-refractivity contribution is -0.136. The maximum Gasteiger partial charge on any atom is 0.317 e. The summed E-state index contributed by atoms with van der Waals surface area (Å²) in [6.07, 6.45) is 1.97. The van der Waals surface area contributed by atoms with Crippen LogP contribution in [0.15, 0.2) is 0 Å². The highest BCUT2D eigenvalue weighted by Gasteiger charge is 2.00. The van der Waals surface area contributed by atoms with Gasteiger partial charge in [0.15, 0.2) is 0 Å². The second kappa shape index (κ2) is 54.7. The molecule has 44 heavy (non-hydrogen) atoms. The fourth-order valence-corrected chi connectivity index (χ4v) is 1.24. The Morgan fingerprint density at radius 2 is 0.750 bits per heavy atom. The van der Waals surface area contributed by atoms with Crippen LogP contribution < -0.4 is 33.2 Å². The third-order valence-electron chi connectivity index (χ3n) is 3.22. The van der Waals surface area contributed by atoms with Crippen molar-refractivity contribution >= 4 is 53.5 Å². The third kappa shape index (κ3) is 131. The van der Waals surface area contributed by atoms with E-state index >= 15 is 0 Å². The first kappa shape index (κ1) is 59.2. The van der Waals surface area contributed by atoms with Crippen LogP contribution in [-0.4, -0.2) is 113 Å². The van der Waals surface area contributed by atoms with Crippen LogP contribution in [0.5, 0.6) is 0 Å². The Hall–Kier alpha value is -4.29. The number of hydrogen-bond donors (Lipinski definition) is 8. The van der Waals surface area contributed by atoms with Crippen LogP contribution in [0.1, 0.15) is 66.2 Å². The zero-order valence-corrected chi connectivity index (χ0v) is 27.7. The molecule has 0 fully saturated rings. The van der Waals surface area contributed by atoms with E-state index in [1.165, 1.54) is 42.0 Å². The molecule has 0 aromatic heterocycles. The Bertz CT molecular complexity index is 688. The predicted octanol–water partition coefficient (Wildman–Crippen LogP) is -1.64. The van der Waals surface area contributed by atoms with E-state index in [0.29, 0.717) is 45.0 Å². The quantitative estimate of drug-likeness (QED) is 0.117. The van der Waals surface area contributed by atoms with Crippen LogP contribution in [0.2, 0.25) is 0 Å². The standard InChI is InChI=1S/3C6H11NO2.C2H5NO2.2C2H4O2.2CH5N/c3*1-5(8)3-4-6(9)7-2;3-1-2(4)5;1-4-2-3;1-2(3)4;2*1-2/h3*3-4H2,1-2H3,(H,7,9);1,3H2,(H,4,5);2H,1H3;1H3,(H,3,4);2*2H2,1H3. The van der Waals surface area contributed by atoms with Crippen LogP contribution in [0.4, 0.5) is 0 Å². The number of aliphatic carboxylic acids is 2. The highest BCUT2D eigenvalue weighted by molar-refractivity contribution is 5.84. The SMILES string of the molecule is CC(=O)O.CN.CN.CNC(=O)CCC(C)=O.CNC(=O)CCC(C)=O.CNC(=O)CCC(C)=O.COC=O.NCC(=O)O. The summed E-state index contributed by atoms with van der Waals surface area (Å²) in [5, 5.41) is 22.3. The second-order valence-corrected chi connectivity index (χ2v) is 7.07. The number of carbonyl (C=O) groups excluding carboxylic acids is 7. The smallest absolute Gasteiger partial charge is 0.317 e. The zero-order chi connectivity index (χ0) is 37.1. The van der Waals surface area contributed by atoms with E-state index in [0.717, 1.165) is 6.92 Å². The molecule has 3 amide bonds. The van der Waals surface area contributed by atoms with Crippen molar-refractivity contribution in [3.63, 3.8) is 0 Å². The van der Waals surface area contributed by atoms with Crippen LogP contribution in [0.3, 0.4) is 0 Å². The third-order valence-corrected chi connectivity index (χ3v) is 3.22. The maximum absolute atomic E-state index is 10.5. The number of nitrogens with one attached hydrogen (secondary N) is 3. The monoisotopic (exact) mass is 644 g/mol. The number of methoxy groups -OCH3 is 1. The molecule has 0 aliphatic carbocycles. The number of carboxylic acid groups (broad SMARTS) is 2. The van der Waals surface area contributed by atoms with Crippen molar-refractivity contribution in [2.24, 2.45) is 17.2 Å². The molecule has 0 aliphatic heterocycles. The van der Waals surface area contributed by atoms with E-state index in [9.17, 15) is 33.6 Å². The Morgan fingerprint density at radius 1 is 0.591 bits per heavy atom. The summed E-state index contributed by atoms with van der Waals surface area (Å²) in [5.74, 6) is -1.87. The summed E-state index contributed by atoms with van der Waals surface area (Å²) in [6.45, 7) is 5.61. The first-order valence-electron chi connectivity index (χ1n) is 12.7. The van der Waals surface area contributed by atoms with Crippen LogP contribution >= 0.6 is 0 Å². The van der Waals surface area contributed by atoms with Crippen molar-refractivity contribution in [3.8, 4) is 0 Å². The minimum atomic E-state index is -0.968.